The predicted octanol–water partition coefficient (Wildman–Crippen LogP) is -6.12. The van der Waals surface area contributed by atoms with E-state index in [-0.39, 0.29) is 24.8 Å². The Morgan fingerprint density at radius 2 is 1.62 bits per heavy atom. The third kappa shape index (κ3) is 15.7. The summed E-state index contributed by atoms with van der Waals surface area (Å²) in [6.07, 6.45) is 0. The van der Waals surface area contributed by atoms with Gasteiger partial charge in [-0.1, -0.05) is 0 Å². The first-order chi connectivity index (χ1) is 2.77. The molecule has 0 rings (SSSR count). The zero-order valence-electron chi connectivity index (χ0n) is 5.19. The minimum Gasteiger partial charge on any atom is -1.00 e. The molecule has 0 aliphatic heterocycles. The van der Waals surface area contributed by atoms with Gasteiger partial charge in [0.1, 0.15) is 0 Å². The molecule has 0 saturated heterocycles. The number of hydrogen-bond donors (Lipinski definition) is 0. The van der Waals surface area contributed by atoms with Gasteiger partial charge in [0.25, 0.3) is 0 Å². The maximum absolute atomic E-state index is 2.20. The molecule has 0 N–H and O–H groups in total. The van der Waals surface area contributed by atoms with E-state index in [0.717, 1.165) is 0 Å². The second kappa shape index (κ2) is 11.0. The molecule has 0 aliphatic rings. The standard InChI is InChI=1S/C4H11GeN.2ClH/c1-6(2)4-3-5;;/h5H,3-4H2,1-2H3;2*1H/q+2;;/p-2. The van der Waals surface area contributed by atoms with Crippen LogP contribution in [0.15, 0.2) is 0 Å². The zero-order chi connectivity index (χ0) is 4.99. The smallest absolute Gasteiger partial charge is 1.00 e. The topological polar surface area (TPSA) is 3.24 Å². The van der Waals surface area contributed by atoms with Crippen molar-refractivity contribution in [2.45, 2.75) is 5.25 Å². The fraction of sp³-hybridized carbons (Fsp3) is 1.00. The van der Waals surface area contributed by atoms with Crippen molar-refractivity contribution in [1.29, 1.82) is 0 Å². The summed E-state index contributed by atoms with van der Waals surface area (Å²) < 4.78 is 0. The summed E-state index contributed by atoms with van der Waals surface area (Å²) in [7, 11) is 4.19. The van der Waals surface area contributed by atoms with E-state index in [4.69, 9.17) is 0 Å². The Kier molecular flexibility index (Phi) is 22.0. The molecule has 0 amide bonds. The molecular formula is C4H11Cl2GeN. The molecule has 1 nitrogen and oxygen atoms in total. The largest absolute Gasteiger partial charge is 1.00 e. The maximum atomic E-state index is 2.20. The summed E-state index contributed by atoms with van der Waals surface area (Å²) in [5, 5.41) is 1.32. The van der Waals surface area contributed by atoms with Gasteiger partial charge in [-0.05, 0) is 0 Å². The van der Waals surface area contributed by atoms with Crippen molar-refractivity contribution in [2.24, 2.45) is 0 Å². The molecule has 0 atom stereocenters. The van der Waals surface area contributed by atoms with Gasteiger partial charge in [0.15, 0.2) is 0 Å². The van der Waals surface area contributed by atoms with Gasteiger partial charge in [-0.15, -0.1) is 0 Å². The van der Waals surface area contributed by atoms with Gasteiger partial charge in [0.05, 0.1) is 0 Å². The Hall–Kier alpha value is 1.08. The number of nitrogens with zero attached hydrogens (tertiary/aromatic N) is 1. The van der Waals surface area contributed by atoms with Crippen LogP contribution in [0.1, 0.15) is 0 Å². The van der Waals surface area contributed by atoms with Crippen LogP contribution in [0.3, 0.4) is 0 Å². The fourth-order valence-corrected chi connectivity index (χ4v) is 1.34. The Morgan fingerprint density at radius 3 is 1.62 bits per heavy atom. The van der Waals surface area contributed by atoms with E-state index in [0.29, 0.717) is 0 Å². The van der Waals surface area contributed by atoms with Crippen LogP contribution >= 0.6 is 0 Å². The average Bonchev–Trinajstić information content (AvgIpc) is 1.35. The molecule has 0 unspecified atom stereocenters. The Balaban J connectivity index is -0.000000125. The minimum absolute atomic E-state index is 0. The molecular weight excluding hydrogens is 206 g/mol. The van der Waals surface area contributed by atoms with Crippen molar-refractivity contribution in [2.75, 3.05) is 20.6 Å². The molecule has 0 aromatic heterocycles. The van der Waals surface area contributed by atoms with Gasteiger partial charge in [-0.25, -0.2) is 0 Å². The quantitative estimate of drug-likeness (QED) is 0.416. The van der Waals surface area contributed by atoms with Crippen molar-refractivity contribution in [3.63, 3.8) is 0 Å². The van der Waals surface area contributed by atoms with Gasteiger partial charge in [-0.2, -0.15) is 0 Å². The van der Waals surface area contributed by atoms with Crippen molar-refractivity contribution in [3.05, 3.63) is 0 Å². The minimum atomic E-state index is 0. The summed E-state index contributed by atoms with van der Waals surface area (Å²) in [4.78, 5) is 2.20. The molecule has 0 bridgehead atoms. The first-order valence-electron chi connectivity index (χ1n) is 2.12. The summed E-state index contributed by atoms with van der Waals surface area (Å²) in [6.45, 7) is 1.24. The number of halogens is 2. The molecule has 4 heteroatoms. The summed E-state index contributed by atoms with van der Waals surface area (Å²) >= 11 is 1.80. The van der Waals surface area contributed by atoms with Gasteiger partial charge in [0, 0.05) is 0 Å². The van der Waals surface area contributed by atoms with E-state index in [9.17, 15) is 0 Å². The summed E-state index contributed by atoms with van der Waals surface area (Å²) in [5.74, 6) is 0. The van der Waals surface area contributed by atoms with Crippen LogP contribution in [0, 0.1) is 0 Å². The second-order valence-corrected chi connectivity index (χ2v) is 2.80. The molecule has 0 fully saturated rings. The molecule has 50 valence electrons. The molecule has 0 saturated carbocycles. The molecule has 8 heavy (non-hydrogen) atoms. The van der Waals surface area contributed by atoms with Crippen LogP contribution in [0.2, 0.25) is 5.25 Å². The molecule has 0 aliphatic carbocycles. The Labute approximate surface area is 72.2 Å². The van der Waals surface area contributed by atoms with Crippen molar-refractivity contribution in [3.8, 4) is 0 Å². The van der Waals surface area contributed by atoms with Crippen LogP contribution in [-0.4, -0.2) is 42.1 Å². The molecule has 0 radical (unpaired) electrons. The van der Waals surface area contributed by atoms with Crippen LogP contribution < -0.4 is 24.8 Å². The van der Waals surface area contributed by atoms with Crippen LogP contribution in [0.25, 0.3) is 0 Å². The first-order valence-corrected chi connectivity index (χ1v) is 3.83. The number of hydrogen-bond acceptors (Lipinski definition) is 1. The molecule has 0 spiro atoms. The molecule has 0 aromatic carbocycles. The van der Waals surface area contributed by atoms with Gasteiger partial charge in [-0.3, -0.25) is 0 Å². The average molecular weight is 217 g/mol. The van der Waals surface area contributed by atoms with Crippen molar-refractivity contribution in [1.82, 2.24) is 4.90 Å². The van der Waals surface area contributed by atoms with Crippen LogP contribution in [0.5, 0.6) is 0 Å². The van der Waals surface area contributed by atoms with Gasteiger partial charge >= 0.3 is 47.3 Å². The Morgan fingerprint density at radius 1 is 1.25 bits per heavy atom. The third-order valence-corrected chi connectivity index (χ3v) is 1.12. The SMILES string of the molecule is CN(C)C[CH2][GeH+2].[Cl-].[Cl-]. The number of rotatable bonds is 2. The third-order valence-electron chi connectivity index (χ3n) is 0.576. The van der Waals surface area contributed by atoms with E-state index < -0.39 is 0 Å². The normalized spacial score (nSPS) is 7.25. The maximum Gasteiger partial charge on any atom is -1.00 e. The fourth-order valence-electron chi connectivity index (χ4n) is 0.258. The Bertz CT molecular complexity index is 35.2. The van der Waals surface area contributed by atoms with E-state index in [1.54, 1.807) is 16.5 Å². The van der Waals surface area contributed by atoms with Crippen LogP contribution in [-0.2, 0) is 0 Å². The second-order valence-electron chi connectivity index (χ2n) is 1.59. The molecule has 0 aromatic rings. The molecule has 0 heterocycles. The van der Waals surface area contributed by atoms with E-state index >= 15 is 0 Å². The monoisotopic (exact) mass is 217 g/mol. The van der Waals surface area contributed by atoms with Gasteiger partial charge in [0.2, 0.25) is 0 Å². The van der Waals surface area contributed by atoms with E-state index in [1.807, 2.05) is 0 Å². The van der Waals surface area contributed by atoms with E-state index in [2.05, 4.69) is 19.0 Å². The van der Waals surface area contributed by atoms with Crippen molar-refractivity contribution >= 4 is 16.5 Å². The predicted molar refractivity (Wildman–Crippen MR) is 30.5 cm³/mol. The van der Waals surface area contributed by atoms with E-state index in [1.165, 1.54) is 11.8 Å². The first kappa shape index (κ1) is 16.0. The summed E-state index contributed by atoms with van der Waals surface area (Å²) in [6, 6.07) is 0. The summed E-state index contributed by atoms with van der Waals surface area (Å²) in [5.41, 5.74) is 0. The zero-order valence-corrected chi connectivity index (χ0v) is 9.13. The van der Waals surface area contributed by atoms with Crippen LogP contribution in [0.4, 0.5) is 0 Å². The van der Waals surface area contributed by atoms with Gasteiger partial charge < -0.3 is 24.8 Å². The van der Waals surface area contributed by atoms with Crippen molar-refractivity contribution < 1.29 is 24.8 Å².